The van der Waals surface area contributed by atoms with E-state index in [2.05, 4.69) is 0 Å². The van der Waals surface area contributed by atoms with Gasteiger partial charge in [0.15, 0.2) is 6.61 Å². The lowest BCUT2D eigenvalue weighted by molar-refractivity contribution is -0.384. The van der Waals surface area contributed by atoms with Crippen LogP contribution in [-0.2, 0) is 21.2 Å². The summed E-state index contributed by atoms with van der Waals surface area (Å²) in [6.07, 6.45) is 3.32. The van der Waals surface area contributed by atoms with Crippen molar-refractivity contribution in [3.63, 3.8) is 0 Å². The number of carbonyl (C=O) groups excluding carboxylic acids is 1. The Kier molecular flexibility index (Phi) is 6.36. The number of carbonyl (C=O) groups is 1. The molecule has 2 aliphatic heterocycles. The Labute approximate surface area is 190 Å². The minimum absolute atomic E-state index is 0.0429. The molecule has 0 aromatic heterocycles. The second kappa shape index (κ2) is 9.05. The van der Waals surface area contributed by atoms with Crippen molar-refractivity contribution in [2.45, 2.75) is 30.6 Å². The van der Waals surface area contributed by atoms with Crippen molar-refractivity contribution in [3.8, 4) is 5.75 Å². The predicted molar refractivity (Wildman–Crippen MR) is 119 cm³/mol. The van der Waals surface area contributed by atoms with Crippen molar-refractivity contribution in [3.05, 3.63) is 57.1 Å². The first-order valence-electron chi connectivity index (χ1n) is 10.3. The van der Waals surface area contributed by atoms with Crippen molar-refractivity contribution in [2.75, 3.05) is 31.1 Å². The number of fused-ring (bicyclic) bond motifs is 1. The van der Waals surface area contributed by atoms with Gasteiger partial charge in [-0.3, -0.25) is 14.9 Å². The summed E-state index contributed by atoms with van der Waals surface area (Å²) in [5, 5.41) is 10.8. The minimum Gasteiger partial charge on any atom is -0.482 e. The van der Waals surface area contributed by atoms with Gasteiger partial charge in [0.05, 0.1) is 14.8 Å². The third kappa shape index (κ3) is 4.43. The van der Waals surface area contributed by atoms with Gasteiger partial charge in [0, 0.05) is 37.5 Å². The van der Waals surface area contributed by atoms with Gasteiger partial charge in [-0.1, -0.05) is 18.0 Å². The Balaban J connectivity index is 1.45. The molecule has 0 spiro atoms. The molecule has 2 aromatic rings. The Hall–Kier alpha value is -2.69. The number of nitrogens with zero attached hydrogens (tertiary/aromatic N) is 3. The van der Waals surface area contributed by atoms with E-state index in [9.17, 15) is 23.3 Å². The highest BCUT2D eigenvalue weighted by Gasteiger charge is 2.30. The normalized spacial score (nSPS) is 16.6. The number of hydrogen-bond acceptors (Lipinski definition) is 6. The van der Waals surface area contributed by atoms with Gasteiger partial charge in [0.25, 0.3) is 11.6 Å². The van der Waals surface area contributed by atoms with Crippen molar-refractivity contribution in [1.82, 2.24) is 4.31 Å². The monoisotopic (exact) mass is 479 g/mol. The number of nitro benzene ring substituents is 1. The van der Waals surface area contributed by atoms with E-state index in [0.29, 0.717) is 31.7 Å². The van der Waals surface area contributed by atoms with Crippen LogP contribution in [-0.4, -0.2) is 49.8 Å². The molecule has 1 amide bonds. The maximum atomic E-state index is 12.9. The first-order valence-corrected chi connectivity index (χ1v) is 12.1. The van der Waals surface area contributed by atoms with Crippen molar-refractivity contribution >= 4 is 38.9 Å². The molecule has 0 N–H and O–H groups in total. The van der Waals surface area contributed by atoms with Gasteiger partial charge in [-0.2, -0.15) is 4.31 Å². The number of ether oxygens (including phenoxy) is 1. The van der Waals surface area contributed by atoms with E-state index in [1.807, 2.05) is 0 Å². The molecule has 11 heteroatoms. The van der Waals surface area contributed by atoms with Gasteiger partial charge >= 0.3 is 0 Å². The van der Waals surface area contributed by atoms with Crippen LogP contribution in [0.25, 0.3) is 0 Å². The second-order valence-corrected chi connectivity index (χ2v) is 10.1. The maximum absolute atomic E-state index is 12.9. The first-order chi connectivity index (χ1) is 15.3. The number of piperidine rings is 1. The Morgan fingerprint density at radius 1 is 1.09 bits per heavy atom. The standard InChI is InChI=1S/C21H22ClN3O6S/c22-18-13-16(25(27)28)4-7-20(18)31-14-21(26)24-11-8-15-12-17(5-6-19(15)24)32(29,30)23-9-2-1-3-10-23/h4-7,12-13H,1-3,8-11,14H2. The topological polar surface area (TPSA) is 110 Å². The van der Waals surface area contributed by atoms with Crippen LogP contribution in [0.15, 0.2) is 41.3 Å². The number of halogens is 1. The molecule has 0 atom stereocenters. The third-order valence-electron chi connectivity index (χ3n) is 5.68. The number of nitro groups is 1. The zero-order valence-electron chi connectivity index (χ0n) is 17.2. The van der Waals surface area contributed by atoms with Crippen molar-refractivity contribution in [2.24, 2.45) is 0 Å². The van der Waals surface area contributed by atoms with Crippen LogP contribution in [0.2, 0.25) is 5.02 Å². The van der Waals surface area contributed by atoms with E-state index in [0.717, 1.165) is 30.9 Å². The number of anilines is 1. The van der Waals surface area contributed by atoms with Crippen molar-refractivity contribution in [1.29, 1.82) is 0 Å². The minimum atomic E-state index is -3.54. The third-order valence-corrected chi connectivity index (χ3v) is 7.87. The van der Waals surface area contributed by atoms with Gasteiger partial charge in [0.2, 0.25) is 10.0 Å². The lowest BCUT2D eigenvalue weighted by atomic mass is 10.2. The number of rotatable bonds is 6. The number of hydrogen-bond donors (Lipinski definition) is 0. The number of amides is 1. The number of sulfonamides is 1. The summed E-state index contributed by atoms with van der Waals surface area (Å²) in [4.78, 5) is 24.8. The highest BCUT2D eigenvalue weighted by Crippen LogP contribution is 2.33. The molecule has 2 heterocycles. The van der Waals surface area contributed by atoms with Crippen LogP contribution in [0.4, 0.5) is 11.4 Å². The second-order valence-electron chi connectivity index (χ2n) is 7.71. The zero-order chi connectivity index (χ0) is 22.9. The largest absolute Gasteiger partial charge is 0.482 e. The Bertz CT molecular complexity index is 1160. The van der Waals surface area contributed by atoms with Crippen molar-refractivity contribution < 1.29 is 22.9 Å². The molecule has 0 aliphatic carbocycles. The maximum Gasteiger partial charge on any atom is 0.271 e. The summed E-state index contributed by atoms with van der Waals surface area (Å²) in [5.74, 6) is -0.141. The Morgan fingerprint density at radius 2 is 1.84 bits per heavy atom. The zero-order valence-corrected chi connectivity index (χ0v) is 18.8. The molecular weight excluding hydrogens is 458 g/mol. The smallest absolute Gasteiger partial charge is 0.271 e. The van der Waals surface area contributed by atoms with Gasteiger partial charge in [-0.05, 0) is 49.1 Å². The molecule has 170 valence electrons. The predicted octanol–water partition coefficient (Wildman–Crippen LogP) is 3.39. The summed E-state index contributed by atoms with van der Waals surface area (Å²) >= 11 is 6.01. The van der Waals surface area contributed by atoms with E-state index in [4.69, 9.17) is 16.3 Å². The van der Waals surface area contributed by atoms with Crippen LogP contribution in [0, 0.1) is 10.1 Å². The summed E-state index contributed by atoms with van der Waals surface area (Å²) in [6, 6.07) is 8.63. The van der Waals surface area contributed by atoms with E-state index in [1.54, 1.807) is 23.1 Å². The van der Waals surface area contributed by atoms with Crippen LogP contribution in [0.3, 0.4) is 0 Å². The van der Waals surface area contributed by atoms with Gasteiger partial charge in [-0.25, -0.2) is 8.42 Å². The molecule has 4 rings (SSSR count). The highest BCUT2D eigenvalue weighted by atomic mass is 35.5. The summed E-state index contributed by atoms with van der Waals surface area (Å²) in [7, 11) is -3.54. The number of non-ortho nitro benzene ring substituents is 1. The first kappa shape index (κ1) is 22.5. The van der Waals surface area contributed by atoms with E-state index in [1.165, 1.54) is 16.4 Å². The van der Waals surface area contributed by atoms with Gasteiger partial charge in [-0.15, -0.1) is 0 Å². The molecule has 0 bridgehead atoms. The molecule has 0 unspecified atom stereocenters. The molecule has 9 nitrogen and oxygen atoms in total. The summed E-state index contributed by atoms with van der Waals surface area (Å²) in [6.45, 7) is 1.18. The average molecular weight is 480 g/mol. The SMILES string of the molecule is O=C(COc1ccc([N+](=O)[O-])cc1Cl)N1CCc2cc(S(=O)(=O)N3CCCCC3)ccc21. The van der Waals surface area contributed by atoms with E-state index in [-0.39, 0.29) is 33.9 Å². The highest BCUT2D eigenvalue weighted by molar-refractivity contribution is 7.89. The molecule has 2 aliphatic rings. The molecule has 2 aromatic carbocycles. The average Bonchev–Trinajstić information content (AvgIpc) is 3.22. The molecule has 0 saturated carbocycles. The lowest BCUT2D eigenvalue weighted by Gasteiger charge is -2.26. The summed E-state index contributed by atoms with van der Waals surface area (Å²) < 4.78 is 32.9. The van der Waals surface area contributed by atoms with Crippen LogP contribution < -0.4 is 9.64 Å². The fraction of sp³-hybridized carbons (Fsp3) is 0.381. The molecule has 0 radical (unpaired) electrons. The van der Waals surface area contributed by atoms with Gasteiger partial charge in [0.1, 0.15) is 5.75 Å². The molecule has 1 fully saturated rings. The quantitative estimate of drug-likeness (QED) is 0.464. The van der Waals surface area contributed by atoms with Crippen LogP contribution in [0.5, 0.6) is 5.75 Å². The molecule has 32 heavy (non-hydrogen) atoms. The van der Waals surface area contributed by atoms with Gasteiger partial charge < -0.3 is 9.64 Å². The van der Waals surface area contributed by atoms with E-state index >= 15 is 0 Å². The summed E-state index contributed by atoms with van der Waals surface area (Å²) in [5.41, 5.74) is 1.29. The Morgan fingerprint density at radius 3 is 2.53 bits per heavy atom. The number of benzene rings is 2. The molecule has 1 saturated heterocycles. The van der Waals surface area contributed by atoms with E-state index < -0.39 is 14.9 Å². The molecular formula is C21H22ClN3O6S. The fourth-order valence-corrected chi connectivity index (χ4v) is 5.79. The van der Waals surface area contributed by atoms with Crippen LogP contribution >= 0.6 is 11.6 Å². The fourth-order valence-electron chi connectivity index (χ4n) is 3.99. The van der Waals surface area contributed by atoms with Crippen LogP contribution in [0.1, 0.15) is 24.8 Å². The lowest BCUT2D eigenvalue weighted by Crippen LogP contribution is -2.35.